The molecule has 0 aromatic heterocycles. The van der Waals surface area contributed by atoms with Crippen LogP contribution in [0.4, 0.5) is 0 Å². The molecule has 0 aliphatic carbocycles. The smallest absolute Gasteiger partial charge is 0.220 e. The lowest BCUT2D eigenvalue weighted by molar-refractivity contribution is -0.121. The molecular weight excluding hydrogens is 418 g/mol. The van der Waals surface area contributed by atoms with Crippen LogP contribution in [0.5, 0.6) is 0 Å². The molecule has 0 aliphatic heterocycles. The summed E-state index contributed by atoms with van der Waals surface area (Å²) in [5.74, 6) is 0.202. The van der Waals surface area contributed by atoms with Gasteiger partial charge in [0.05, 0.1) is 6.04 Å². The van der Waals surface area contributed by atoms with E-state index in [2.05, 4.69) is 80.8 Å². The van der Waals surface area contributed by atoms with Gasteiger partial charge in [-0.05, 0) is 30.5 Å². The van der Waals surface area contributed by atoms with E-state index in [1.54, 1.807) is 0 Å². The van der Waals surface area contributed by atoms with Crippen LogP contribution in [-0.4, -0.2) is 14.0 Å². The third-order valence-electron chi connectivity index (χ3n) is 6.80. The third-order valence-corrected chi connectivity index (χ3v) is 10.1. The van der Waals surface area contributed by atoms with Crippen LogP contribution < -0.4 is 5.32 Å². The van der Waals surface area contributed by atoms with Gasteiger partial charge in [0.2, 0.25) is 5.91 Å². The van der Waals surface area contributed by atoms with Crippen LogP contribution in [0.1, 0.15) is 87.4 Å². The summed E-state index contributed by atoms with van der Waals surface area (Å²) in [4.78, 5) is 12.9. The van der Waals surface area contributed by atoms with Gasteiger partial charge in [0, 0.05) is 14.5 Å². The molecule has 0 heterocycles. The quantitative estimate of drug-likeness (QED) is 0.195. The normalized spacial score (nSPS) is 12.5. The highest BCUT2D eigenvalue weighted by Crippen LogP contribution is 2.23. The summed E-state index contributed by atoms with van der Waals surface area (Å²) in [5.41, 5.74) is 3.72. The van der Waals surface area contributed by atoms with Crippen molar-refractivity contribution in [3.8, 4) is 0 Å². The molecule has 0 spiro atoms. The van der Waals surface area contributed by atoms with Gasteiger partial charge in [-0.3, -0.25) is 4.79 Å². The summed E-state index contributed by atoms with van der Waals surface area (Å²) >= 11 is 0. The van der Waals surface area contributed by atoms with Gasteiger partial charge in [-0.25, -0.2) is 0 Å². The van der Waals surface area contributed by atoms with Crippen molar-refractivity contribution in [1.82, 2.24) is 5.32 Å². The Bertz CT molecular complexity index is 802. The van der Waals surface area contributed by atoms with E-state index < -0.39 is 8.07 Å². The SMILES string of the molecule is CCCCCCCCCC[Si](C)(C)CCC(=O)N[C@@H](Cc1cccc(C)c1)c1ccccc1. The summed E-state index contributed by atoms with van der Waals surface area (Å²) in [5, 5.41) is 3.36. The van der Waals surface area contributed by atoms with E-state index in [0.717, 1.165) is 12.5 Å². The first-order valence-corrected chi connectivity index (χ1v) is 16.7. The first-order chi connectivity index (χ1) is 15.9. The van der Waals surface area contributed by atoms with Gasteiger partial charge in [-0.1, -0.05) is 138 Å². The molecule has 182 valence electrons. The maximum absolute atomic E-state index is 12.9. The molecule has 2 nitrogen and oxygen atoms in total. The van der Waals surface area contributed by atoms with Crippen molar-refractivity contribution in [3.63, 3.8) is 0 Å². The van der Waals surface area contributed by atoms with Gasteiger partial charge in [-0.15, -0.1) is 0 Å². The number of nitrogens with one attached hydrogen (secondary N) is 1. The molecule has 0 radical (unpaired) electrons. The van der Waals surface area contributed by atoms with Crippen LogP contribution in [0.25, 0.3) is 0 Å². The zero-order valence-electron chi connectivity index (χ0n) is 21.7. The molecule has 1 N–H and O–H groups in total. The Morgan fingerprint density at radius 3 is 2.18 bits per heavy atom. The van der Waals surface area contributed by atoms with Gasteiger partial charge in [0.25, 0.3) is 0 Å². The van der Waals surface area contributed by atoms with Gasteiger partial charge in [0.1, 0.15) is 0 Å². The number of aryl methyl sites for hydroxylation is 1. The molecule has 1 atom stereocenters. The summed E-state index contributed by atoms with van der Waals surface area (Å²) in [6.07, 6.45) is 12.5. The lowest BCUT2D eigenvalue weighted by Crippen LogP contribution is -2.33. The molecule has 1 amide bonds. The number of amides is 1. The van der Waals surface area contributed by atoms with Crippen LogP contribution in [0.3, 0.4) is 0 Å². The first kappa shape index (κ1) is 27.4. The third kappa shape index (κ3) is 11.7. The van der Waals surface area contributed by atoms with Crippen molar-refractivity contribution in [2.24, 2.45) is 0 Å². The second-order valence-corrected chi connectivity index (χ2v) is 15.9. The van der Waals surface area contributed by atoms with E-state index in [4.69, 9.17) is 0 Å². The predicted molar refractivity (Wildman–Crippen MR) is 147 cm³/mol. The Morgan fingerprint density at radius 2 is 1.52 bits per heavy atom. The fraction of sp³-hybridized carbons (Fsp3) is 0.567. The van der Waals surface area contributed by atoms with Crippen LogP contribution >= 0.6 is 0 Å². The minimum Gasteiger partial charge on any atom is -0.349 e. The number of hydrogen-bond donors (Lipinski definition) is 1. The molecule has 0 fully saturated rings. The number of benzene rings is 2. The highest BCUT2D eigenvalue weighted by Gasteiger charge is 2.22. The molecular formula is C30H47NOSi. The Kier molecular flexibility index (Phi) is 12.5. The molecule has 33 heavy (non-hydrogen) atoms. The Labute approximate surface area is 204 Å². The van der Waals surface area contributed by atoms with Crippen molar-refractivity contribution >= 4 is 14.0 Å². The highest BCUT2D eigenvalue weighted by atomic mass is 28.3. The van der Waals surface area contributed by atoms with E-state index in [1.165, 1.54) is 74.1 Å². The van der Waals surface area contributed by atoms with E-state index in [9.17, 15) is 4.79 Å². The van der Waals surface area contributed by atoms with E-state index in [0.29, 0.717) is 6.42 Å². The molecule has 2 rings (SSSR count). The standard InChI is InChI=1S/C30H47NOSi/c1-5-6-7-8-9-10-11-15-22-33(3,4)23-21-30(32)31-29(28-19-13-12-14-20-28)25-27-18-16-17-26(2)24-27/h12-14,16-20,24,29H,5-11,15,21-23,25H2,1-4H3,(H,31,32)/t29-/m0/s1. The average Bonchev–Trinajstić information content (AvgIpc) is 2.80. The highest BCUT2D eigenvalue weighted by molar-refractivity contribution is 6.77. The second kappa shape index (κ2) is 15.1. The lowest BCUT2D eigenvalue weighted by Gasteiger charge is -2.24. The summed E-state index contributed by atoms with van der Waals surface area (Å²) < 4.78 is 0. The lowest BCUT2D eigenvalue weighted by atomic mass is 9.97. The molecule has 3 heteroatoms. The maximum Gasteiger partial charge on any atom is 0.220 e. The van der Waals surface area contributed by atoms with Crippen LogP contribution in [0, 0.1) is 6.92 Å². The topological polar surface area (TPSA) is 29.1 Å². The zero-order chi connectivity index (χ0) is 23.9. The number of rotatable bonds is 16. The van der Waals surface area contributed by atoms with Crippen molar-refractivity contribution < 1.29 is 4.79 Å². The minimum absolute atomic E-state index is 0.0259. The summed E-state index contributed by atoms with van der Waals surface area (Å²) in [6, 6.07) is 21.5. The molecule has 0 saturated carbocycles. The van der Waals surface area contributed by atoms with Crippen LogP contribution in [0.15, 0.2) is 54.6 Å². The molecule has 2 aromatic carbocycles. The number of carbonyl (C=O) groups is 1. The Hall–Kier alpha value is -1.87. The van der Waals surface area contributed by atoms with E-state index in [-0.39, 0.29) is 11.9 Å². The molecule has 0 unspecified atom stereocenters. The van der Waals surface area contributed by atoms with Crippen molar-refractivity contribution in [3.05, 3.63) is 71.3 Å². The fourth-order valence-corrected chi connectivity index (χ4v) is 6.95. The number of unbranched alkanes of at least 4 members (excludes halogenated alkanes) is 7. The summed E-state index contributed by atoms with van der Waals surface area (Å²) in [6.45, 7) is 9.32. The Morgan fingerprint density at radius 1 is 0.848 bits per heavy atom. The van der Waals surface area contributed by atoms with Gasteiger partial charge in [0.15, 0.2) is 0 Å². The molecule has 0 saturated heterocycles. The monoisotopic (exact) mass is 465 g/mol. The summed E-state index contributed by atoms with van der Waals surface area (Å²) in [7, 11) is -1.32. The van der Waals surface area contributed by atoms with Crippen molar-refractivity contribution in [2.45, 2.75) is 109 Å². The number of hydrogen-bond acceptors (Lipinski definition) is 1. The van der Waals surface area contributed by atoms with E-state index >= 15 is 0 Å². The Balaban J connectivity index is 1.79. The van der Waals surface area contributed by atoms with Crippen LogP contribution in [-0.2, 0) is 11.2 Å². The molecule has 2 aromatic rings. The van der Waals surface area contributed by atoms with E-state index in [1.807, 2.05) is 6.07 Å². The van der Waals surface area contributed by atoms with Crippen molar-refractivity contribution in [2.75, 3.05) is 0 Å². The zero-order valence-corrected chi connectivity index (χ0v) is 22.7. The molecule has 0 bridgehead atoms. The van der Waals surface area contributed by atoms with Crippen molar-refractivity contribution in [1.29, 1.82) is 0 Å². The largest absolute Gasteiger partial charge is 0.349 e. The maximum atomic E-state index is 12.9. The minimum atomic E-state index is -1.32. The number of carbonyl (C=O) groups excluding carboxylic acids is 1. The predicted octanol–water partition coefficient (Wildman–Crippen LogP) is 8.63. The first-order valence-electron chi connectivity index (χ1n) is 13.3. The van der Waals surface area contributed by atoms with Gasteiger partial charge in [-0.2, -0.15) is 0 Å². The van der Waals surface area contributed by atoms with Gasteiger partial charge >= 0.3 is 0 Å². The second-order valence-electron chi connectivity index (χ2n) is 10.6. The average molecular weight is 466 g/mol. The van der Waals surface area contributed by atoms with Gasteiger partial charge < -0.3 is 5.32 Å². The molecule has 0 aliphatic rings. The fourth-order valence-electron chi connectivity index (χ4n) is 4.59. The van der Waals surface area contributed by atoms with Crippen LogP contribution in [0.2, 0.25) is 25.2 Å².